The van der Waals surface area contributed by atoms with Gasteiger partial charge in [-0.05, 0) is 49.0 Å². The quantitative estimate of drug-likeness (QED) is 0.762. The molecule has 3 rings (SSSR count). The van der Waals surface area contributed by atoms with Crippen molar-refractivity contribution in [2.24, 2.45) is 0 Å². The molecule has 0 bridgehead atoms. The Morgan fingerprint density at radius 2 is 1.61 bits per heavy atom. The van der Waals surface area contributed by atoms with Gasteiger partial charge >= 0.3 is 6.18 Å². The maximum Gasteiger partial charge on any atom is 0.416 e. The first-order valence-electron chi connectivity index (χ1n) is 7.96. The van der Waals surface area contributed by atoms with Gasteiger partial charge in [0.1, 0.15) is 0 Å². The minimum atomic E-state index is -4.26. The molecule has 0 saturated carbocycles. The second-order valence-corrected chi connectivity index (χ2v) is 6.16. The summed E-state index contributed by atoms with van der Waals surface area (Å²) in [5.74, 6) is 0.226. The van der Waals surface area contributed by atoms with Crippen molar-refractivity contribution in [1.82, 2.24) is 4.90 Å². The standard InChI is InChI=1S/C19H20F3N/c20-19(21,22)18-8-4-7-17(13-18)16-9-11-23(12-10-16)14-15-5-2-1-3-6-15/h1-8,13,16H,9-12,14H2. The van der Waals surface area contributed by atoms with Crippen LogP contribution in [-0.4, -0.2) is 18.0 Å². The Morgan fingerprint density at radius 3 is 2.26 bits per heavy atom. The molecule has 0 N–H and O–H groups in total. The molecule has 1 nitrogen and oxygen atoms in total. The normalized spacial score (nSPS) is 17.3. The van der Waals surface area contributed by atoms with Crippen LogP contribution < -0.4 is 0 Å². The Labute approximate surface area is 134 Å². The van der Waals surface area contributed by atoms with Crippen molar-refractivity contribution in [2.75, 3.05) is 13.1 Å². The Balaban J connectivity index is 1.61. The van der Waals surface area contributed by atoms with Crippen molar-refractivity contribution in [3.63, 3.8) is 0 Å². The fourth-order valence-electron chi connectivity index (χ4n) is 3.23. The highest BCUT2D eigenvalue weighted by Gasteiger charge is 2.31. The second kappa shape index (κ2) is 6.75. The maximum absolute atomic E-state index is 12.8. The van der Waals surface area contributed by atoms with E-state index in [-0.39, 0.29) is 5.92 Å². The van der Waals surface area contributed by atoms with Gasteiger partial charge in [-0.15, -0.1) is 0 Å². The van der Waals surface area contributed by atoms with Crippen LogP contribution in [0.2, 0.25) is 0 Å². The smallest absolute Gasteiger partial charge is 0.299 e. The van der Waals surface area contributed by atoms with Crippen LogP contribution >= 0.6 is 0 Å². The van der Waals surface area contributed by atoms with Gasteiger partial charge in [0, 0.05) is 6.54 Å². The topological polar surface area (TPSA) is 3.24 Å². The van der Waals surface area contributed by atoms with Gasteiger partial charge in [-0.25, -0.2) is 0 Å². The van der Waals surface area contributed by atoms with Crippen molar-refractivity contribution in [2.45, 2.75) is 31.5 Å². The number of benzene rings is 2. The Bertz CT molecular complexity index is 629. The third-order valence-corrected chi connectivity index (χ3v) is 4.52. The highest BCUT2D eigenvalue weighted by Crippen LogP contribution is 2.34. The molecule has 0 atom stereocenters. The number of nitrogens with zero attached hydrogens (tertiary/aromatic N) is 1. The van der Waals surface area contributed by atoms with E-state index < -0.39 is 11.7 Å². The van der Waals surface area contributed by atoms with E-state index in [4.69, 9.17) is 0 Å². The largest absolute Gasteiger partial charge is 0.416 e. The molecule has 0 unspecified atom stereocenters. The molecule has 0 radical (unpaired) electrons. The van der Waals surface area contributed by atoms with Gasteiger partial charge in [0.25, 0.3) is 0 Å². The molecular formula is C19H20F3N. The number of hydrogen-bond donors (Lipinski definition) is 0. The summed E-state index contributed by atoms with van der Waals surface area (Å²) in [4.78, 5) is 2.37. The van der Waals surface area contributed by atoms with Crippen LogP contribution in [0.25, 0.3) is 0 Å². The zero-order chi connectivity index (χ0) is 16.3. The lowest BCUT2D eigenvalue weighted by Gasteiger charge is -2.32. The van der Waals surface area contributed by atoms with E-state index >= 15 is 0 Å². The number of likely N-dealkylation sites (tertiary alicyclic amines) is 1. The zero-order valence-electron chi connectivity index (χ0n) is 12.9. The molecule has 0 aromatic heterocycles. The monoisotopic (exact) mass is 319 g/mol. The van der Waals surface area contributed by atoms with Gasteiger partial charge in [-0.2, -0.15) is 13.2 Å². The van der Waals surface area contributed by atoms with Crippen LogP contribution in [0.5, 0.6) is 0 Å². The average Bonchev–Trinajstić information content (AvgIpc) is 2.56. The summed E-state index contributed by atoms with van der Waals surface area (Å²) in [5.41, 5.74) is 1.56. The van der Waals surface area contributed by atoms with Crippen molar-refractivity contribution in [3.8, 4) is 0 Å². The number of rotatable bonds is 3. The summed E-state index contributed by atoms with van der Waals surface area (Å²) in [5, 5.41) is 0. The highest BCUT2D eigenvalue weighted by atomic mass is 19.4. The molecule has 1 heterocycles. The van der Waals surface area contributed by atoms with Crippen LogP contribution in [0.15, 0.2) is 54.6 Å². The lowest BCUT2D eigenvalue weighted by Crippen LogP contribution is -2.32. The Morgan fingerprint density at radius 1 is 0.913 bits per heavy atom. The predicted octanol–water partition coefficient (Wildman–Crippen LogP) is 5.09. The van der Waals surface area contributed by atoms with Gasteiger partial charge < -0.3 is 0 Å². The Kier molecular flexibility index (Phi) is 4.71. The number of halogens is 3. The van der Waals surface area contributed by atoms with Gasteiger partial charge in [0.05, 0.1) is 5.56 Å². The highest BCUT2D eigenvalue weighted by molar-refractivity contribution is 5.28. The van der Waals surface area contributed by atoms with E-state index in [2.05, 4.69) is 17.0 Å². The number of alkyl halides is 3. The fourth-order valence-corrected chi connectivity index (χ4v) is 3.23. The lowest BCUT2D eigenvalue weighted by atomic mass is 9.88. The molecule has 0 spiro atoms. The second-order valence-electron chi connectivity index (χ2n) is 6.16. The first kappa shape index (κ1) is 16.1. The summed E-state index contributed by atoms with van der Waals surface area (Å²) in [7, 11) is 0. The van der Waals surface area contributed by atoms with Crippen LogP contribution in [0.3, 0.4) is 0 Å². The minimum absolute atomic E-state index is 0.226. The van der Waals surface area contributed by atoms with E-state index in [9.17, 15) is 13.2 Å². The minimum Gasteiger partial charge on any atom is -0.299 e. The van der Waals surface area contributed by atoms with Crippen molar-refractivity contribution in [3.05, 3.63) is 71.3 Å². The van der Waals surface area contributed by atoms with Gasteiger partial charge in [-0.1, -0.05) is 48.5 Å². The SMILES string of the molecule is FC(F)(F)c1cccc(C2CCN(Cc3ccccc3)CC2)c1. The summed E-state index contributed by atoms with van der Waals surface area (Å²) < 4.78 is 38.5. The first-order chi connectivity index (χ1) is 11.0. The van der Waals surface area contributed by atoms with Crippen LogP contribution in [0.4, 0.5) is 13.2 Å². The molecule has 1 aliphatic rings. The van der Waals surface area contributed by atoms with Crippen molar-refractivity contribution >= 4 is 0 Å². The lowest BCUT2D eigenvalue weighted by molar-refractivity contribution is -0.137. The molecule has 2 aromatic carbocycles. The third-order valence-electron chi connectivity index (χ3n) is 4.52. The molecule has 23 heavy (non-hydrogen) atoms. The van der Waals surface area contributed by atoms with Crippen molar-refractivity contribution in [1.29, 1.82) is 0 Å². The number of piperidine rings is 1. The van der Waals surface area contributed by atoms with Crippen LogP contribution in [0.1, 0.15) is 35.4 Å². The fraction of sp³-hybridized carbons (Fsp3) is 0.368. The molecular weight excluding hydrogens is 299 g/mol. The summed E-state index contributed by atoms with van der Waals surface area (Å²) in [6.07, 6.45) is -2.44. The average molecular weight is 319 g/mol. The van der Waals surface area contributed by atoms with Crippen LogP contribution in [0, 0.1) is 0 Å². The van der Waals surface area contributed by atoms with E-state index in [1.807, 2.05) is 24.3 Å². The molecule has 1 fully saturated rings. The summed E-state index contributed by atoms with van der Waals surface area (Å²) >= 11 is 0. The van der Waals surface area contributed by atoms with Crippen LogP contribution in [-0.2, 0) is 12.7 Å². The maximum atomic E-state index is 12.8. The van der Waals surface area contributed by atoms with E-state index in [0.29, 0.717) is 0 Å². The third kappa shape index (κ3) is 4.14. The van der Waals surface area contributed by atoms with Gasteiger partial charge in [-0.3, -0.25) is 4.90 Å². The van der Waals surface area contributed by atoms with E-state index in [0.717, 1.165) is 44.1 Å². The van der Waals surface area contributed by atoms with Crippen molar-refractivity contribution < 1.29 is 13.2 Å². The first-order valence-corrected chi connectivity index (χ1v) is 7.96. The molecule has 122 valence electrons. The Hall–Kier alpha value is -1.81. The molecule has 0 aliphatic carbocycles. The predicted molar refractivity (Wildman–Crippen MR) is 85.1 cm³/mol. The van der Waals surface area contributed by atoms with E-state index in [1.165, 1.54) is 17.7 Å². The summed E-state index contributed by atoms with van der Waals surface area (Å²) in [6.45, 7) is 2.77. The van der Waals surface area contributed by atoms with Gasteiger partial charge in [0.15, 0.2) is 0 Å². The molecule has 1 saturated heterocycles. The van der Waals surface area contributed by atoms with Gasteiger partial charge in [0.2, 0.25) is 0 Å². The molecule has 4 heteroatoms. The summed E-state index contributed by atoms with van der Waals surface area (Å²) in [6, 6.07) is 16.1. The number of hydrogen-bond acceptors (Lipinski definition) is 1. The molecule has 2 aromatic rings. The zero-order valence-corrected chi connectivity index (χ0v) is 12.9. The molecule has 1 aliphatic heterocycles. The van der Waals surface area contributed by atoms with E-state index in [1.54, 1.807) is 0 Å². The molecule has 0 amide bonds.